The number of carbonyl (C=O) groups is 2. The topological polar surface area (TPSA) is 136 Å². The number of benzene rings is 1. The molecule has 0 aliphatic heterocycles. The van der Waals surface area contributed by atoms with Crippen LogP contribution in [0.1, 0.15) is 10.4 Å². The Morgan fingerprint density at radius 1 is 1.13 bits per heavy atom. The van der Waals surface area contributed by atoms with Crippen molar-refractivity contribution in [2.75, 3.05) is 29.6 Å². The molecule has 8 nitrogen and oxygen atoms in total. The Labute approximate surface area is 137 Å². The van der Waals surface area contributed by atoms with Crippen molar-refractivity contribution in [2.45, 2.75) is 5.16 Å². The average Bonchev–Trinajstić information content (AvgIpc) is 2.52. The standard InChI is InChI=1S/C14H16N6O2S/c1-17-13(22)8-2-4-9(5-3-8)18-12(21)7-23-14-19-10(15)6-11(16)20-14/h2-6H,7H2,1H3,(H,17,22)(H,18,21)(H4,15,16,19,20). The Morgan fingerprint density at radius 3 is 2.30 bits per heavy atom. The molecule has 0 spiro atoms. The van der Waals surface area contributed by atoms with Crippen LogP contribution in [-0.4, -0.2) is 34.6 Å². The lowest BCUT2D eigenvalue weighted by atomic mass is 10.2. The molecule has 0 radical (unpaired) electrons. The molecule has 120 valence electrons. The molecule has 0 aliphatic carbocycles. The van der Waals surface area contributed by atoms with Gasteiger partial charge in [0.15, 0.2) is 5.16 Å². The molecule has 9 heteroatoms. The van der Waals surface area contributed by atoms with Crippen LogP contribution in [0.3, 0.4) is 0 Å². The highest BCUT2D eigenvalue weighted by Crippen LogP contribution is 2.17. The Hall–Kier alpha value is -2.81. The van der Waals surface area contributed by atoms with Crippen LogP contribution in [0.4, 0.5) is 17.3 Å². The quantitative estimate of drug-likeness (QED) is 0.468. The molecule has 1 aromatic carbocycles. The highest BCUT2D eigenvalue weighted by molar-refractivity contribution is 7.99. The second-order valence-corrected chi connectivity index (χ2v) is 5.44. The third-order valence-corrected chi connectivity index (χ3v) is 3.58. The Morgan fingerprint density at radius 2 is 1.74 bits per heavy atom. The van der Waals surface area contributed by atoms with Crippen molar-refractivity contribution >= 4 is 40.9 Å². The van der Waals surface area contributed by atoms with Crippen molar-refractivity contribution < 1.29 is 9.59 Å². The van der Waals surface area contributed by atoms with Crippen molar-refractivity contribution in [2.24, 2.45) is 0 Å². The van der Waals surface area contributed by atoms with Gasteiger partial charge < -0.3 is 22.1 Å². The maximum absolute atomic E-state index is 11.9. The molecule has 2 amide bonds. The number of hydrogen-bond acceptors (Lipinski definition) is 7. The zero-order valence-electron chi connectivity index (χ0n) is 12.4. The molecular weight excluding hydrogens is 316 g/mol. The summed E-state index contributed by atoms with van der Waals surface area (Å²) in [6, 6.07) is 8.01. The minimum Gasteiger partial charge on any atom is -0.383 e. The van der Waals surface area contributed by atoms with Crippen molar-refractivity contribution in [3.8, 4) is 0 Å². The van der Waals surface area contributed by atoms with Crippen molar-refractivity contribution in [3.05, 3.63) is 35.9 Å². The summed E-state index contributed by atoms with van der Waals surface area (Å²) in [5.41, 5.74) is 12.2. The summed E-state index contributed by atoms with van der Waals surface area (Å²) in [6.07, 6.45) is 0. The van der Waals surface area contributed by atoms with Gasteiger partial charge in [-0.2, -0.15) is 0 Å². The minimum absolute atomic E-state index is 0.111. The van der Waals surface area contributed by atoms with Gasteiger partial charge in [-0.15, -0.1) is 0 Å². The molecule has 0 atom stereocenters. The normalized spacial score (nSPS) is 10.1. The van der Waals surface area contributed by atoms with Gasteiger partial charge in [0, 0.05) is 24.4 Å². The Kier molecular flexibility index (Phi) is 5.36. The first-order chi connectivity index (χ1) is 11.0. The van der Waals surface area contributed by atoms with Crippen LogP contribution in [0.2, 0.25) is 0 Å². The van der Waals surface area contributed by atoms with E-state index in [9.17, 15) is 9.59 Å². The third kappa shape index (κ3) is 4.85. The van der Waals surface area contributed by atoms with Crippen molar-refractivity contribution in [1.82, 2.24) is 15.3 Å². The van der Waals surface area contributed by atoms with Crippen LogP contribution in [-0.2, 0) is 4.79 Å². The van der Waals surface area contributed by atoms with Crippen molar-refractivity contribution in [1.29, 1.82) is 0 Å². The molecule has 0 fully saturated rings. The molecule has 0 saturated carbocycles. The highest BCUT2D eigenvalue weighted by Gasteiger charge is 2.08. The maximum Gasteiger partial charge on any atom is 0.251 e. The summed E-state index contributed by atoms with van der Waals surface area (Å²) in [7, 11) is 1.56. The second-order valence-electron chi connectivity index (χ2n) is 4.49. The lowest BCUT2D eigenvalue weighted by Gasteiger charge is -2.06. The average molecular weight is 332 g/mol. The molecule has 23 heavy (non-hydrogen) atoms. The summed E-state index contributed by atoms with van der Waals surface area (Å²) in [5, 5.41) is 5.58. The van der Waals surface area contributed by atoms with Crippen LogP contribution < -0.4 is 22.1 Å². The van der Waals surface area contributed by atoms with E-state index in [4.69, 9.17) is 11.5 Å². The number of carbonyl (C=O) groups excluding carboxylic acids is 2. The van der Waals surface area contributed by atoms with Gasteiger partial charge >= 0.3 is 0 Å². The van der Waals surface area contributed by atoms with E-state index in [1.54, 1.807) is 31.3 Å². The summed E-state index contributed by atoms with van der Waals surface area (Å²) < 4.78 is 0. The zero-order chi connectivity index (χ0) is 16.8. The highest BCUT2D eigenvalue weighted by atomic mass is 32.2. The van der Waals surface area contributed by atoms with Gasteiger partial charge in [-0.1, -0.05) is 11.8 Å². The van der Waals surface area contributed by atoms with Gasteiger partial charge in [-0.3, -0.25) is 9.59 Å². The molecule has 0 saturated heterocycles. The summed E-state index contributed by atoms with van der Waals surface area (Å²) in [5.74, 6) is 0.206. The van der Waals surface area contributed by atoms with Gasteiger partial charge in [0.1, 0.15) is 11.6 Å². The molecule has 1 heterocycles. The Balaban J connectivity index is 1.90. The van der Waals surface area contributed by atoms with E-state index in [-0.39, 0.29) is 29.2 Å². The van der Waals surface area contributed by atoms with Gasteiger partial charge in [0.25, 0.3) is 5.91 Å². The number of nitrogens with zero attached hydrogens (tertiary/aromatic N) is 2. The number of rotatable bonds is 5. The molecule has 0 aliphatic rings. The first-order valence-electron chi connectivity index (χ1n) is 6.63. The predicted molar refractivity (Wildman–Crippen MR) is 90.0 cm³/mol. The van der Waals surface area contributed by atoms with E-state index in [0.29, 0.717) is 16.4 Å². The predicted octanol–water partition coefficient (Wildman–Crippen LogP) is 0.731. The number of amides is 2. The SMILES string of the molecule is CNC(=O)c1ccc(NC(=O)CSc2nc(N)cc(N)n2)cc1. The smallest absolute Gasteiger partial charge is 0.251 e. The number of nitrogen functional groups attached to an aromatic ring is 2. The van der Waals surface area contributed by atoms with Crippen LogP contribution >= 0.6 is 11.8 Å². The largest absolute Gasteiger partial charge is 0.383 e. The molecule has 2 aromatic rings. The minimum atomic E-state index is -0.229. The molecular formula is C14H16N6O2S. The first-order valence-corrected chi connectivity index (χ1v) is 7.61. The van der Waals surface area contributed by atoms with Gasteiger partial charge in [0.05, 0.1) is 5.75 Å². The molecule has 1 aromatic heterocycles. The monoisotopic (exact) mass is 332 g/mol. The fraction of sp³-hybridized carbons (Fsp3) is 0.143. The summed E-state index contributed by atoms with van der Waals surface area (Å²) in [6.45, 7) is 0. The fourth-order valence-corrected chi connectivity index (χ4v) is 2.38. The van der Waals surface area contributed by atoms with E-state index >= 15 is 0 Å². The van der Waals surface area contributed by atoms with E-state index in [0.717, 1.165) is 11.8 Å². The first kappa shape index (κ1) is 16.6. The van der Waals surface area contributed by atoms with E-state index < -0.39 is 0 Å². The summed E-state index contributed by atoms with van der Waals surface area (Å²) >= 11 is 1.13. The van der Waals surface area contributed by atoms with E-state index in [2.05, 4.69) is 20.6 Å². The van der Waals surface area contributed by atoms with Gasteiger partial charge in [-0.25, -0.2) is 9.97 Å². The molecule has 2 rings (SSSR count). The second kappa shape index (κ2) is 7.45. The molecule has 6 N–H and O–H groups in total. The number of thioether (sulfide) groups is 1. The number of nitrogens with two attached hydrogens (primary N) is 2. The number of aromatic nitrogens is 2. The number of hydrogen-bond donors (Lipinski definition) is 4. The van der Waals surface area contributed by atoms with Gasteiger partial charge in [-0.05, 0) is 24.3 Å². The lowest BCUT2D eigenvalue weighted by Crippen LogP contribution is -2.18. The van der Waals surface area contributed by atoms with E-state index in [1.807, 2.05) is 0 Å². The number of anilines is 3. The van der Waals surface area contributed by atoms with E-state index in [1.165, 1.54) is 6.07 Å². The molecule has 0 unspecified atom stereocenters. The number of nitrogens with one attached hydrogen (secondary N) is 2. The fourth-order valence-electron chi connectivity index (χ4n) is 1.70. The summed E-state index contributed by atoms with van der Waals surface area (Å²) in [4.78, 5) is 31.3. The van der Waals surface area contributed by atoms with Crippen LogP contribution in [0.15, 0.2) is 35.5 Å². The van der Waals surface area contributed by atoms with Crippen LogP contribution in [0, 0.1) is 0 Å². The van der Waals surface area contributed by atoms with Gasteiger partial charge in [0.2, 0.25) is 5.91 Å². The maximum atomic E-state index is 11.9. The zero-order valence-corrected chi connectivity index (χ0v) is 13.2. The third-order valence-electron chi connectivity index (χ3n) is 2.74. The van der Waals surface area contributed by atoms with Crippen LogP contribution in [0.5, 0.6) is 0 Å². The lowest BCUT2D eigenvalue weighted by molar-refractivity contribution is -0.113. The van der Waals surface area contributed by atoms with Crippen molar-refractivity contribution in [3.63, 3.8) is 0 Å². The molecule has 0 bridgehead atoms. The Bertz CT molecular complexity index is 699. The van der Waals surface area contributed by atoms with Crippen LogP contribution in [0.25, 0.3) is 0 Å².